The van der Waals surface area contributed by atoms with Gasteiger partial charge in [0, 0.05) is 6.54 Å². The molecule has 7 heteroatoms. The maximum atomic E-state index is 12.7. The molecule has 0 unspecified atom stereocenters. The summed E-state index contributed by atoms with van der Waals surface area (Å²) < 4.78 is 61.7. The topological polar surface area (TPSA) is 46.2 Å². The van der Waals surface area contributed by atoms with Gasteiger partial charge in [0.2, 0.25) is 0 Å². The van der Waals surface area contributed by atoms with Crippen LogP contribution in [0.4, 0.5) is 18.9 Å². The Morgan fingerprint density at radius 2 is 1.94 bits per heavy atom. The Bertz CT molecular complexity index is 537. The van der Waals surface area contributed by atoms with Gasteiger partial charge in [-0.3, -0.25) is 0 Å². The smallest absolute Gasteiger partial charge is 0.383 e. The number of hydrogen-bond donors (Lipinski definition) is 1. The maximum Gasteiger partial charge on any atom is 0.418 e. The van der Waals surface area contributed by atoms with Crippen molar-refractivity contribution in [2.75, 3.05) is 17.6 Å². The zero-order chi connectivity index (χ0) is 12.7. The maximum absolute atomic E-state index is 12.7. The van der Waals surface area contributed by atoms with E-state index >= 15 is 0 Å². The van der Waals surface area contributed by atoms with Crippen molar-refractivity contribution in [1.29, 1.82) is 0 Å². The molecule has 1 aromatic rings. The highest BCUT2D eigenvalue weighted by Crippen LogP contribution is 2.39. The van der Waals surface area contributed by atoms with Crippen molar-refractivity contribution >= 4 is 15.5 Å². The lowest BCUT2D eigenvalue weighted by molar-refractivity contribution is -0.137. The summed E-state index contributed by atoms with van der Waals surface area (Å²) in [7, 11) is -3.62. The molecule has 0 saturated heterocycles. The van der Waals surface area contributed by atoms with Crippen molar-refractivity contribution in [2.24, 2.45) is 0 Å². The molecule has 2 rings (SSSR count). The molecule has 1 aliphatic heterocycles. The Morgan fingerprint density at radius 3 is 2.59 bits per heavy atom. The number of alkyl halides is 3. The van der Waals surface area contributed by atoms with E-state index in [1.807, 2.05) is 0 Å². The number of fused-ring (bicyclic) bond motifs is 1. The molecule has 1 aliphatic rings. The van der Waals surface area contributed by atoms with Crippen molar-refractivity contribution in [2.45, 2.75) is 17.5 Å². The molecule has 0 spiro atoms. The average molecular weight is 265 g/mol. The third-order valence-corrected chi connectivity index (χ3v) is 4.39. The average Bonchev–Trinajstić information content (AvgIpc) is 2.36. The van der Waals surface area contributed by atoms with E-state index in [1.54, 1.807) is 0 Å². The largest absolute Gasteiger partial charge is 0.418 e. The molecule has 0 fully saturated rings. The highest BCUT2D eigenvalue weighted by atomic mass is 32.2. The minimum Gasteiger partial charge on any atom is -0.383 e. The molecule has 0 atom stereocenters. The van der Waals surface area contributed by atoms with Crippen LogP contribution >= 0.6 is 0 Å². The molecular formula is C10H10F3NO2S. The summed E-state index contributed by atoms with van der Waals surface area (Å²) in [5, 5.41) is 2.56. The summed E-state index contributed by atoms with van der Waals surface area (Å²) >= 11 is 0. The second-order valence-corrected chi connectivity index (χ2v) is 5.85. The van der Waals surface area contributed by atoms with Gasteiger partial charge in [-0.15, -0.1) is 0 Å². The highest BCUT2D eigenvalue weighted by molar-refractivity contribution is 7.91. The zero-order valence-electron chi connectivity index (χ0n) is 8.71. The van der Waals surface area contributed by atoms with Crippen molar-refractivity contribution in [3.63, 3.8) is 0 Å². The lowest BCUT2D eigenvalue weighted by Gasteiger charge is -2.15. The minimum absolute atomic E-state index is 0.131. The van der Waals surface area contributed by atoms with Crippen LogP contribution in [0.5, 0.6) is 0 Å². The summed E-state index contributed by atoms with van der Waals surface area (Å²) in [6.45, 7) is 0.222. The minimum atomic E-state index is -4.56. The molecule has 1 N–H and O–H groups in total. The molecule has 94 valence electrons. The van der Waals surface area contributed by atoms with Crippen LogP contribution in [0.2, 0.25) is 0 Å². The fourth-order valence-corrected chi connectivity index (χ4v) is 3.32. The summed E-state index contributed by atoms with van der Waals surface area (Å²) in [6.07, 6.45) is -4.26. The first-order valence-corrected chi connectivity index (χ1v) is 6.64. The molecule has 0 aliphatic carbocycles. The first kappa shape index (κ1) is 12.2. The van der Waals surface area contributed by atoms with E-state index < -0.39 is 21.6 Å². The van der Waals surface area contributed by atoms with Gasteiger partial charge in [-0.1, -0.05) is 6.07 Å². The SMILES string of the molecule is O=S1(=O)CCCNc2c(C(F)(F)F)cccc21. The fourth-order valence-electron chi connectivity index (χ4n) is 1.79. The summed E-state index contributed by atoms with van der Waals surface area (Å²) in [4.78, 5) is -0.259. The van der Waals surface area contributed by atoms with Gasteiger partial charge in [0.05, 0.1) is 21.9 Å². The quantitative estimate of drug-likeness (QED) is 0.783. The number of hydrogen-bond acceptors (Lipinski definition) is 3. The molecule has 0 saturated carbocycles. The lowest BCUT2D eigenvalue weighted by atomic mass is 10.1. The van der Waals surface area contributed by atoms with Crippen molar-refractivity contribution in [3.8, 4) is 0 Å². The number of sulfone groups is 1. The molecule has 0 bridgehead atoms. The number of nitrogens with one attached hydrogen (secondary N) is 1. The third-order valence-electron chi connectivity index (χ3n) is 2.56. The number of halogens is 3. The summed E-state index contributed by atoms with van der Waals surface area (Å²) in [5.41, 5.74) is -1.25. The molecule has 17 heavy (non-hydrogen) atoms. The van der Waals surface area contributed by atoms with E-state index in [-0.39, 0.29) is 22.9 Å². The van der Waals surface area contributed by atoms with E-state index in [1.165, 1.54) is 6.07 Å². The van der Waals surface area contributed by atoms with Gasteiger partial charge in [-0.2, -0.15) is 13.2 Å². The van der Waals surface area contributed by atoms with Gasteiger partial charge >= 0.3 is 6.18 Å². The molecule has 0 amide bonds. The predicted molar refractivity (Wildman–Crippen MR) is 56.6 cm³/mol. The molecule has 1 heterocycles. The van der Waals surface area contributed by atoms with Gasteiger partial charge in [0.15, 0.2) is 9.84 Å². The van der Waals surface area contributed by atoms with E-state index in [0.29, 0.717) is 6.42 Å². The molecular weight excluding hydrogens is 255 g/mol. The van der Waals surface area contributed by atoms with Crippen LogP contribution < -0.4 is 5.32 Å². The van der Waals surface area contributed by atoms with Gasteiger partial charge < -0.3 is 5.32 Å². The first-order valence-electron chi connectivity index (χ1n) is 4.99. The van der Waals surface area contributed by atoms with Crippen LogP contribution in [-0.2, 0) is 16.0 Å². The van der Waals surface area contributed by atoms with Gasteiger partial charge in [-0.05, 0) is 18.6 Å². The lowest BCUT2D eigenvalue weighted by Crippen LogP contribution is -2.12. The van der Waals surface area contributed by atoms with Gasteiger partial charge in [0.1, 0.15) is 0 Å². The second kappa shape index (κ2) is 3.90. The molecule has 0 radical (unpaired) electrons. The zero-order valence-corrected chi connectivity index (χ0v) is 9.53. The van der Waals surface area contributed by atoms with Crippen LogP contribution in [0, 0.1) is 0 Å². The monoisotopic (exact) mass is 265 g/mol. The van der Waals surface area contributed by atoms with Crippen LogP contribution in [-0.4, -0.2) is 20.7 Å². The van der Waals surface area contributed by atoms with E-state index in [2.05, 4.69) is 5.32 Å². The normalized spacial score (nSPS) is 19.0. The Kier molecular flexibility index (Phi) is 2.81. The van der Waals surface area contributed by atoms with Crippen LogP contribution in [0.25, 0.3) is 0 Å². The number of para-hydroxylation sites is 1. The van der Waals surface area contributed by atoms with Gasteiger partial charge in [-0.25, -0.2) is 8.42 Å². The number of rotatable bonds is 0. The third kappa shape index (κ3) is 2.24. The summed E-state index contributed by atoms with van der Waals surface area (Å²) in [6, 6.07) is 3.21. The van der Waals surface area contributed by atoms with Crippen LogP contribution in [0.3, 0.4) is 0 Å². The highest BCUT2D eigenvalue weighted by Gasteiger charge is 2.36. The van der Waals surface area contributed by atoms with Crippen molar-refractivity contribution in [1.82, 2.24) is 0 Å². The van der Waals surface area contributed by atoms with E-state index in [9.17, 15) is 21.6 Å². The van der Waals surface area contributed by atoms with Crippen LogP contribution in [0.1, 0.15) is 12.0 Å². The first-order chi connectivity index (χ1) is 7.82. The van der Waals surface area contributed by atoms with E-state index in [4.69, 9.17) is 0 Å². The fraction of sp³-hybridized carbons (Fsp3) is 0.400. The molecule has 0 aromatic heterocycles. The number of benzene rings is 1. The Hall–Kier alpha value is -1.24. The summed E-state index contributed by atoms with van der Waals surface area (Å²) in [5.74, 6) is -0.131. The Morgan fingerprint density at radius 1 is 1.24 bits per heavy atom. The van der Waals surface area contributed by atoms with Gasteiger partial charge in [0.25, 0.3) is 0 Å². The van der Waals surface area contributed by atoms with Crippen molar-refractivity contribution < 1.29 is 21.6 Å². The second-order valence-electron chi connectivity index (χ2n) is 3.78. The molecule has 1 aromatic carbocycles. The standard InChI is InChI=1S/C10H10F3NO2S/c11-10(12,13)7-3-1-4-8-9(7)14-5-2-6-17(8,15)16/h1,3-4,14H,2,5-6H2. The Labute approximate surface area is 96.6 Å². The molecule has 3 nitrogen and oxygen atoms in total. The van der Waals surface area contributed by atoms with Crippen molar-refractivity contribution in [3.05, 3.63) is 23.8 Å². The predicted octanol–water partition coefficient (Wildman–Crippen LogP) is 2.29. The van der Waals surface area contributed by atoms with Crippen LogP contribution in [0.15, 0.2) is 23.1 Å². The Balaban J connectivity index is 2.70. The van der Waals surface area contributed by atoms with E-state index in [0.717, 1.165) is 12.1 Å². The number of anilines is 1.